The molecule has 0 saturated carbocycles. The Bertz CT molecular complexity index is 1100. The van der Waals surface area contributed by atoms with E-state index >= 15 is 0 Å². The molecule has 8 N–H and O–H groups in total. The second-order valence-electron chi connectivity index (χ2n) is 13.1. The lowest BCUT2D eigenvalue weighted by atomic mass is 9.68. The third kappa shape index (κ3) is 7.24. The molecule has 1 aliphatic carbocycles. The molecule has 0 aromatic heterocycles. The highest BCUT2D eigenvalue weighted by molar-refractivity contribution is 6.02. The summed E-state index contributed by atoms with van der Waals surface area (Å²) >= 11 is 0. The van der Waals surface area contributed by atoms with Gasteiger partial charge >= 0.3 is 0 Å². The lowest BCUT2D eigenvalue weighted by Crippen LogP contribution is -2.58. The van der Waals surface area contributed by atoms with Crippen molar-refractivity contribution in [1.29, 1.82) is 0 Å². The number of nitrogens with one attached hydrogen (secondary N) is 1. The Hall–Kier alpha value is -2.37. The number of carbonyl (C=O) groups excluding carboxylic acids is 3. The first-order valence-corrected chi connectivity index (χ1v) is 13.6. The van der Waals surface area contributed by atoms with E-state index in [1.807, 2.05) is 0 Å². The van der Waals surface area contributed by atoms with Crippen LogP contribution in [0.2, 0.25) is 0 Å². The largest absolute Gasteiger partial charge is 0.507 e. The molecule has 1 amide bonds. The van der Waals surface area contributed by atoms with Crippen molar-refractivity contribution in [2.24, 2.45) is 17.6 Å². The van der Waals surface area contributed by atoms with Crippen molar-refractivity contribution in [3.8, 4) is 5.75 Å². The van der Waals surface area contributed by atoms with Crippen LogP contribution in [0.1, 0.15) is 87.7 Å². The summed E-state index contributed by atoms with van der Waals surface area (Å²) in [5.41, 5.74) is 2.28. The SMILES string of the molecule is CC1(C)CC(Cc2ccc3c(c2O)C(=O)CC(O)(CC(O)(CCO)C(CO)C(=O)CC(N)=O)C3)CC(C)(C)N1. The monoisotopic (exact) mass is 548 g/mol. The van der Waals surface area contributed by atoms with Gasteiger partial charge in [-0.3, -0.25) is 14.4 Å². The Morgan fingerprint density at radius 1 is 1.13 bits per heavy atom. The van der Waals surface area contributed by atoms with Crippen LogP contribution in [0.25, 0.3) is 0 Å². The topological polar surface area (TPSA) is 190 Å². The van der Waals surface area contributed by atoms with Gasteiger partial charge in [0.1, 0.15) is 11.5 Å². The molecule has 1 aromatic carbocycles. The van der Waals surface area contributed by atoms with Gasteiger partial charge in [-0.15, -0.1) is 0 Å². The minimum Gasteiger partial charge on any atom is -0.507 e. The van der Waals surface area contributed by atoms with E-state index in [4.69, 9.17) is 5.73 Å². The van der Waals surface area contributed by atoms with Crippen molar-refractivity contribution in [2.45, 2.75) is 101 Å². The molecule has 3 atom stereocenters. The highest BCUT2D eigenvalue weighted by Gasteiger charge is 2.49. The van der Waals surface area contributed by atoms with Crippen molar-refractivity contribution in [2.75, 3.05) is 13.2 Å². The molecule has 1 heterocycles. The van der Waals surface area contributed by atoms with Gasteiger partial charge in [-0.05, 0) is 64.0 Å². The lowest BCUT2D eigenvalue weighted by Gasteiger charge is -2.46. The maximum absolute atomic E-state index is 13.3. The summed E-state index contributed by atoms with van der Waals surface area (Å²) in [5, 5.41) is 57.0. The van der Waals surface area contributed by atoms with Crippen LogP contribution in [0.4, 0.5) is 0 Å². The molecule has 1 saturated heterocycles. The van der Waals surface area contributed by atoms with Crippen LogP contribution >= 0.6 is 0 Å². The third-order valence-corrected chi connectivity index (χ3v) is 8.17. The summed E-state index contributed by atoms with van der Waals surface area (Å²) in [4.78, 5) is 37.1. The number of hydrogen-bond acceptors (Lipinski definition) is 9. The molecular formula is C29H44N2O8. The van der Waals surface area contributed by atoms with E-state index < -0.39 is 67.1 Å². The predicted octanol–water partition coefficient (Wildman–Crippen LogP) is 0.908. The fourth-order valence-corrected chi connectivity index (χ4v) is 7.23. The van der Waals surface area contributed by atoms with Crippen molar-refractivity contribution in [3.05, 3.63) is 28.8 Å². The average molecular weight is 549 g/mol. The van der Waals surface area contributed by atoms with Crippen LogP contribution in [0, 0.1) is 11.8 Å². The summed E-state index contributed by atoms with van der Waals surface area (Å²) < 4.78 is 0. The van der Waals surface area contributed by atoms with Gasteiger partial charge in [0, 0.05) is 43.4 Å². The zero-order valence-corrected chi connectivity index (χ0v) is 23.4. The fraction of sp³-hybridized carbons (Fsp3) is 0.690. The minimum atomic E-state index is -2.10. The number of piperidine rings is 1. The number of primary amides is 1. The number of phenolic OH excluding ortho intramolecular Hbond substituents is 1. The Morgan fingerprint density at radius 2 is 1.74 bits per heavy atom. The second-order valence-corrected chi connectivity index (χ2v) is 13.1. The smallest absolute Gasteiger partial charge is 0.224 e. The predicted molar refractivity (Wildman–Crippen MR) is 144 cm³/mol. The molecule has 0 spiro atoms. The van der Waals surface area contributed by atoms with Crippen LogP contribution < -0.4 is 11.1 Å². The van der Waals surface area contributed by atoms with Crippen molar-refractivity contribution in [1.82, 2.24) is 5.32 Å². The highest BCUT2D eigenvalue weighted by atomic mass is 16.3. The first-order chi connectivity index (χ1) is 17.9. The van der Waals surface area contributed by atoms with Gasteiger partial charge in [0.2, 0.25) is 5.91 Å². The van der Waals surface area contributed by atoms with Gasteiger partial charge in [0.25, 0.3) is 0 Å². The van der Waals surface area contributed by atoms with Crippen molar-refractivity contribution >= 4 is 17.5 Å². The van der Waals surface area contributed by atoms with E-state index in [1.54, 1.807) is 12.1 Å². The van der Waals surface area contributed by atoms with Crippen LogP contribution in [0.5, 0.6) is 5.75 Å². The Labute approximate surface area is 229 Å². The van der Waals surface area contributed by atoms with E-state index in [2.05, 4.69) is 33.0 Å². The molecule has 10 nitrogen and oxygen atoms in total. The molecule has 1 aromatic rings. The molecule has 10 heteroatoms. The van der Waals surface area contributed by atoms with Gasteiger partial charge in [-0.25, -0.2) is 0 Å². The number of aliphatic hydroxyl groups excluding tert-OH is 2. The van der Waals surface area contributed by atoms with E-state index in [0.717, 1.165) is 12.8 Å². The summed E-state index contributed by atoms with van der Waals surface area (Å²) in [7, 11) is 0. The standard InChI is InChI=1S/C29H44N2O8/c1-26(2)11-17(12-27(3,4)31-26)9-18-5-6-19-13-28(38,14-22(35)24(19)25(18)37)16-29(39,7-8-32)20(15-33)21(34)10-23(30)36/h5-6,17,20,31-33,37-39H,7-16H2,1-4H3,(H2,30,36). The first-order valence-electron chi connectivity index (χ1n) is 13.6. The van der Waals surface area contributed by atoms with Gasteiger partial charge in [0.15, 0.2) is 5.78 Å². The van der Waals surface area contributed by atoms with Gasteiger partial charge < -0.3 is 36.6 Å². The number of benzene rings is 1. The number of amides is 1. The highest BCUT2D eigenvalue weighted by Crippen LogP contribution is 2.43. The normalized spacial score (nSPS) is 25.0. The first kappa shape index (κ1) is 31.2. The number of aromatic hydroxyl groups is 1. The van der Waals surface area contributed by atoms with Crippen molar-refractivity contribution < 1.29 is 39.9 Å². The Morgan fingerprint density at radius 3 is 2.28 bits per heavy atom. The summed E-state index contributed by atoms with van der Waals surface area (Å²) in [6, 6.07) is 3.47. The number of ketones is 2. The zero-order valence-electron chi connectivity index (χ0n) is 23.4. The Balaban J connectivity index is 1.87. The van der Waals surface area contributed by atoms with Crippen LogP contribution in [-0.2, 0) is 22.4 Å². The number of rotatable bonds is 11. The number of Topliss-reactive ketones (excluding diaryl/α,β-unsaturated/α-hetero) is 2. The molecule has 2 aliphatic rings. The molecule has 0 radical (unpaired) electrons. The van der Waals surface area contributed by atoms with Crippen LogP contribution in [0.15, 0.2) is 12.1 Å². The minimum absolute atomic E-state index is 0.0703. The maximum atomic E-state index is 13.3. The average Bonchev–Trinajstić information content (AvgIpc) is 2.72. The summed E-state index contributed by atoms with van der Waals surface area (Å²) in [6.07, 6.45) is 0.284. The van der Waals surface area contributed by atoms with Gasteiger partial charge in [-0.1, -0.05) is 12.1 Å². The van der Waals surface area contributed by atoms with E-state index in [9.17, 15) is 39.9 Å². The zero-order chi connectivity index (χ0) is 29.4. The Kier molecular flexibility index (Phi) is 8.99. The molecular weight excluding hydrogens is 504 g/mol. The number of hydrogen-bond donors (Lipinski definition) is 7. The van der Waals surface area contributed by atoms with Gasteiger partial charge in [0.05, 0.1) is 35.7 Å². The number of phenols is 1. The number of fused-ring (bicyclic) bond motifs is 1. The van der Waals surface area contributed by atoms with Gasteiger partial charge in [-0.2, -0.15) is 0 Å². The van der Waals surface area contributed by atoms with E-state index in [0.29, 0.717) is 17.5 Å². The molecule has 1 aliphatic heterocycles. The number of aliphatic hydroxyl groups is 4. The molecule has 1 fully saturated rings. The van der Waals surface area contributed by atoms with E-state index in [1.165, 1.54) is 0 Å². The molecule has 3 rings (SSSR count). The lowest BCUT2D eigenvalue weighted by molar-refractivity contribution is -0.148. The number of carbonyl (C=O) groups is 3. The van der Waals surface area contributed by atoms with Crippen LogP contribution in [-0.4, -0.2) is 78.5 Å². The fourth-order valence-electron chi connectivity index (χ4n) is 7.23. The number of nitrogens with two attached hydrogens (primary N) is 1. The van der Waals surface area contributed by atoms with E-state index in [-0.39, 0.29) is 41.2 Å². The molecule has 0 bridgehead atoms. The van der Waals surface area contributed by atoms with Crippen LogP contribution in [0.3, 0.4) is 0 Å². The summed E-state index contributed by atoms with van der Waals surface area (Å²) in [6.45, 7) is 7.21. The molecule has 39 heavy (non-hydrogen) atoms. The molecule has 3 unspecified atom stereocenters. The second kappa shape index (κ2) is 11.2. The summed E-state index contributed by atoms with van der Waals surface area (Å²) in [5.74, 6) is -3.56. The quantitative estimate of drug-likeness (QED) is 0.197. The third-order valence-electron chi connectivity index (χ3n) is 8.17. The molecule has 218 valence electrons. The maximum Gasteiger partial charge on any atom is 0.224 e. The van der Waals surface area contributed by atoms with Crippen molar-refractivity contribution in [3.63, 3.8) is 0 Å².